The van der Waals surface area contributed by atoms with Crippen molar-refractivity contribution >= 4 is 29.3 Å². The molecule has 0 N–H and O–H groups in total. The molecule has 0 fully saturated rings. The molecule has 0 saturated carbocycles. The van der Waals surface area contributed by atoms with E-state index in [4.69, 9.17) is 21.6 Å². The van der Waals surface area contributed by atoms with Crippen LogP contribution in [-0.2, 0) is 16.1 Å². The van der Waals surface area contributed by atoms with E-state index in [2.05, 4.69) is 0 Å². The first-order chi connectivity index (χ1) is 10.6. The van der Waals surface area contributed by atoms with Crippen LogP contribution in [0.5, 0.6) is 0 Å². The molecule has 3 nitrogen and oxygen atoms in total. The van der Waals surface area contributed by atoms with Crippen LogP contribution in [-0.4, -0.2) is 11.2 Å². The topological polar surface area (TPSA) is 50.1 Å². The summed E-state index contributed by atoms with van der Waals surface area (Å²) in [5, 5.41) is 9.09. The molecule has 112 valence electrons. The highest BCUT2D eigenvalue weighted by Gasteiger charge is 2.16. The van der Waals surface area contributed by atoms with Crippen molar-refractivity contribution in [3.63, 3.8) is 0 Å². The fraction of sp³-hybridized carbons (Fsp3) is 0.176. The summed E-state index contributed by atoms with van der Waals surface area (Å²) in [6.07, 6.45) is 0. The van der Waals surface area contributed by atoms with Gasteiger partial charge in [0.1, 0.15) is 11.9 Å². The van der Waals surface area contributed by atoms with Gasteiger partial charge in [0.15, 0.2) is 0 Å². The van der Waals surface area contributed by atoms with E-state index >= 15 is 0 Å². The summed E-state index contributed by atoms with van der Waals surface area (Å²) in [5.41, 5.74) is 1.44. The first-order valence-corrected chi connectivity index (χ1v) is 7.92. The smallest absolute Gasteiger partial charge is 0.319 e. The van der Waals surface area contributed by atoms with E-state index in [9.17, 15) is 4.79 Å². The van der Waals surface area contributed by atoms with Gasteiger partial charge in [-0.2, -0.15) is 5.26 Å². The molecule has 0 radical (unpaired) electrons. The average molecular weight is 332 g/mol. The second-order valence-corrected chi connectivity index (χ2v) is 6.48. The van der Waals surface area contributed by atoms with Crippen molar-refractivity contribution in [3.05, 3.63) is 64.7 Å². The molecule has 0 bridgehead atoms. The van der Waals surface area contributed by atoms with E-state index in [1.165, 1.54) is 11.8 Å². The Kier molecular flexibility index (Phi) is 5.88. The maximum Gasteiger partial charge on any atom is 0.319 e. The molecule has 0 unspecified atom stereocenters. The minimum atomic E-state index is -0.306. The third-order valence-electron chi connectivity index (χ3n) is 2.92. The number of hydrogen-bond acceptors (Lipinski definition) is 4. The maximum atomic E-state index is 12.0. The summed E-state index contributed by atoms with van der Waals surface area (Å²) in [6, 6.07) is 16.3. The molecule has 0 aliphatic carbocycles. The quantitative estimate of drug-likeness (QED) is 0.600. The zero-order valence-corrected chi connectivity index (χ0v) is 13.5. The van der Waals surface area contributed by atoms with Crippen LogP contribution in [0.1, 0.15) is 18.1 Å². The Morgan fingerprint density at radius 3 is 2.45 bits per heavy atom. The van der Waals surface area contributed by atoms with Gasteiger partial charge < -0.3 is 4.74 Å². The first-order valence-electron chi connectivity index (χ1n) is 6.66. The Hall–Kier alpha value is -1.96. The van der Waals surface area contributed by atoms with Crippen molar-refractivity contribution in [1.82, 2.24) is 0 Å². The molecule has 22 heavy (non-hydrogen) atoms. The van der Waals surface area contributed by atoms with Gasteiger partial charge >= 0.3 is 5.97 Å². The van der Waals surface area contributed by atoms with Crippen LogP contribution in [0.15, 0.2) is 53.4 Å². The molecular weight excluding hydrogens is 318 g/mol. The lowest BCUT2D eigenvalue weighted by Gasteiger charge is -2.11. The Labute approximate surface area is 138 Å². The zero-order chi connectivity index (χ0) is 15.9. The number of esters is 1. The van der Waals surface area contributed by atoms with E-state index in [1.54, 1.807) is 43.3 Å². The van der Waals surface area contributed by atoms with E-state index < -0.39 is 0 Å². The van der Waals surface area contributed by atoms with Crippen molar-refractivity contribution in [2.24, 2.45) is 0 Å². The highest BCUT2D eigenvalue weighted by molar-refractivity contribution is 8.00. The highest BCUT2D eigenvalue weighted by atomic mass is 35.5. The fourth-order valence-corrected chi connectivity index (χ4v) is 2.70. The third kappa shape index (κ3) is 4.80. The molecule has 2 aromatic rings. The molecule has 0 spiro atoms. The molecule has 0 amide bonds. The van der Waals surface area contributed by atoms with Gasteiger partial charge in [-0.1, -0.05) is 23.7 Å². The van der Waals surface area contributed by atoms with Crippen molar-refractivity contribution in [1.29, 1.82) is 5.26 Å². The Balaban J connectivity index is 1.85. The molecule has 0 aromatic heterocycles. The van der Waals surface area contributed by atoms with Gasteiger partial charge in [-0.15, -0.1) is 11.8 Å². The number of carbonyl (C=O) groups is 1. The van der Waals surface area contributed by atoms with Crippen molar-refractivity contribution in [3.8, 4) is 6.07 Å². The van der Waals surface area contributed by atoms with Crippen molar-refractivity contribution in [2.45, 2.75) is 23.7 Å². The predicted octanol–water partition coefficient (Wildman–Crippen LogP) is 4.44. The number of hydrogen-bond donors (Lipinski definition) is 0. The Morgan fingerprint density at radius 1 is 1.23 bits per heavy atom. The van der Waals surface area contributed by atoms with Crippen LogP contribution in [0.3, 0.4) is 0 Å². The second-order valence-electron chi connectivity index (χ2n) is 4.63. The van der Waals surface area contributed by atoms with E-state index in [0.29, 0.717) is 10.6 Å². The number of halogens is 1. The van der Waals surface area contributed by atoms with E-state index in [-0.39, 0.29) is 17.8 Å². The monoisotopic (exact) mass is 331 g/mol. The molecule has 0 saturated heterocycles. The molecule has 0 aliphatic rings. The second kappa shape index (κ2) is 7.88. The predicted molar refractivity (Wildman–Crippen MR) is 87.7 cm³/mol. The minimum absolute atomic E-state index is 0.204. The molecule has 0 aliphatic heterocycles. The summed E-state index contributed by atoms with van der Waals surface area (Å²) in [6.45, 7) is 2.01. The summed E-state index contributed by atoms with van der Waals surface area (Å²) in [4.78, 5) is 13.0. The van der Waals surface area contributed by atoms with Gasteiger partial charge in [0.05, 0.1) is 11.6 Å². The molecule has 5 heteroatoms. The summed E-state index contributed by atoms with van der Waals surface area (Å²) in [7, 11) is 0. The summed E-state index contributed by atoms with van der Waals surface area (Å²) in [5.74, 6) is -0.274. The fourth-order valence-electron chi connectivity index (χ4n) is 1.71. The average Bonchev–Trinajstić information content (AvgIpc) is 2.55. The number of nitrogens with zero attached hydrogens (tertiary/aromatic N) is 1. The van der Waals surface area contributed by atoms with E-state index in [0.717, 1.165) is 10.5 Å². The number of nitriles is 1. The molecular formula is C17H14ClNO2S. The summed E-state index contributed by atoms with van der Waals surface area (Å²) >= 11 is 7.25. The van der Waals surface area contributed by atoms with Crippen LogP contribution in [0.2, 0.25) is 5.02 Å². The van der Waals surface area contributed by atoms with Crippen molar-refractivity contribution < 1.29 is 9.53 Å². The van der Waals surface area contributed by atoms with Gasteiger partial charge in [0.2, 0.25) is 0 Å². The number of carbonyl (C=O) groups excluding carboxylic acids is 1. The van der Waals surface area contributed by atoms with Gasteiger partial charge in [-0.25, -0.2) is 0 Å². The third-order valence-corrected chi connectivity index (χ3v) is 4.26. The van der Waals surface area contributed by atoms with Gasteiger partial charge in [-0.3, -0.25) is 4.79 Å². The van der Waals surface area contributed by atoms with Crippen LogP contribution >= 0.6 is 23.4 Å². The lowest BCUT2D eigenvalue weighted by atomic mass is 10.2. The van der Waals surface area contributed by atoms with Crippen molar-refractivity contribution in [2.75, 3.05) is 0 Å². The summed E-state index contributed by atoms with van der Waals surface area (Å²) < 4.78 is 5.29. The molecule has 2 aromatic carbocycles. The van der Waals surface area contributed by atoms with Crippen LogP contribution in [0.25, 0.3) is 0 Å². The van der Waals surface area contributed by atoms with E-state index in [1.807, 2.05) is 18.2 Å². The highest BCUT2D eigenvalue weighted by Crippen LogP contribution is 2.25. The molecule has 2 rings (SSSR count). The number of ether oxygens (including phenoxy) is 1. The number of benzene rings is 2. The Bertz CT molecular complexity index is 677. The van der Waals surface area contributed by atoms with Crippen LogP contribution in [0.4, 0.5) is 0 Å². The van der Waals surface area contributed by atoms with Gasteiger partial charge in [-0.05, 0) is 48.9 Å². The van der Waals surface area contributed by atoms with Gasteiger partial charge in [0, 0.05) is 9.92 Å². The first kappa shape index (κ1) is 16.4. The number of rotatable bonds is 5. The van der Waals surface area contributed by atoms with Gasteiger partial charge in [0.25, 0.3) is 0 Å². The molecule has 1 atom stereocenters. The van der Waals surface area contributed by atoms with Crippen LogP contribution < -0.4 is 0 Å². The standard InChI is InChI=1S/C17H14ClNO2S/c1-12(22-16-8-6-15(18)7-9-16)17(20)21-11-14-4-2-13(10-19)3-5-14/h2-9,12H,11H2,1H3/t12-/m0/s1. The normalized spacial score (nSPS) is 11.5. The number of thioether (sulfide) groups is 1. The SMILES string of the molecule is C[C@H](Sc1ccc(Cl)cc1)C(=O)OCc1ccc(C#N)cc1. The zero-order valence-electron chi connectivity index (χ0n) is 12.0. The lowest BCUT2D eigenvalue weighted by molar-refractivity contribution is -0.143. The largest absolute Gasteiger partial charge is 0.460 e. The molecule has 0 heterocycles. The lowest BCUT2D eigenvalue weighted by Crippen LogP contribution is -2.16. The Morgan fingerprint density at radius 2 is 1.86 bits per heavy atom. The maximum absolute atomic E-state index is 12.0. The minimum Gasteiger partial charge on any atom is -0.460 e. The van der Waals surface area contributed by atoms with Crippen LogP contribution in [0, 0.1) is 11.3 Å².